The number of aromatic nitrogens is 1. The van der Waals surface area contributed by atoms with Crippen molar-refractivity contribution in [3.8, 4) is 11.5 Å². The molecular formula is C27H32NO4-. The van der Waals surface area contributed by atoms with Gasteiger partial charge < -0.3 is 14.8 Å². The van der Waals surface area contributed by atoms with Crippen molar-refractivity contribution in [2.45, 2.75) is 76.7 Å². The van der Waals surface area contributed by atoms with Gasteiger partial charge in [0.05, 0.1) is 12.5 Å². The summed E-state index contributed by atoms with van der Waals surface area (Å²) in [6.07, 6.45) is 12.8. The molecule has 2 atom stereocenters. The number of carbonyl (C=O) groups is 2. The van der Waals surface area contributed by atoms with E-state index in [0.717, 1.165) is 55.3 Å². The molecule has 2 aliphatic carbocycles. The molecule has 0 radical (unpaired) electrons. The number of ketones is 2. The molecule has 0 saturated heterocycles. The average Bonchev–Trinajstić information content (AvgIpc) is 3.46. The van der Waals surface area contributed by atoms with Crippen LogP contribution in [0.5, 0.6) is 11.5 Å². The van der Waals surface area contributed by atoms with Gasteiger partial charge in [0.25, 0.3) is 0 Å². The van der Waals surface area contributed by atoms with E-state index in [1.54, 1.807) is 12.3 Å². The quantitative estimate of drug-likeness (QED) is 0.510. The van der Waals surface area contributed by atoms with Gasteiger partial charge in [-0.05, 0) is 62.1 Å². The van der Waals surface area contributed by atoms with Crippen molar-refractivity contribution in [3.05, 3.63) is 53.4 Å². The Morgan fingerprint density at radius 2 is 2.00 bits per heavy atom. The number of phenols is 1. The molecule has 32 heavy (non-hydrogen) atoms. The molecule has 0 bridgehead atoms. The third-order valence-corrected chi connectivity index (χ3v) is 6.71. The Hall–Kier alpha value is -2.82. The number of hydrogen-bond acceptors (Lipinski definition) is 4. The number of benzene rings is 1. The zero-order chi connectivity index (χ0) is 22.5. The molecule has 2 aliphatic rings. The first kappa shape index (κ1) is 22.4. The number of Topliss-reactive ketones (excluding diaryl/α,β-unsaturated/α-hetero) is 2. The number of rotatable bonds is 10. The smallest absolute Gasteiger partial charge is 0.161 e. The average molecular weight is 435 g/mol. The zero-order valence-corrected chi connectivity index (χ0v) is 18.8. The fourth-order valence-electron chi connectivity index (χ4n) is 4.99. The highest BCUT2D eigenvalue weighted by atomic mass is 16.5. The van der Waals surface area contributed by atoms with Crippen LogP contribution < -0.4 is 9.72 Å². The number of allylic oxidation sites excluding steroid dienone is 1. The Kier molecular flexibility index (Phi) is 7.13. The van der Waals surface area contributed by atoms with E-state index in [1.165, 1.54) is 0 Å². The first-order valence-corrected chi connectivity index (χ1v) is 11.9. The van der Waals surface area contributed by atoms with Crippen LogP contribution in [-0.4, -0.2) is 22.8 Å². The number of nitrogens with zero attached hydrogens (tertiary/aromatic N) is 1. The number of hydrogen-bond donors (Lipinski definition) is 1. The lowest BCUT2D eigenvalue weighted by atomic mass is 9.76. The van der Waals surface area contributed by atoms with Crippen molar-refractivity contribution in [1.29, 1.82) is 0 Å². The minimum atomic E-state index is -0.254. The van der Waals surface area contributed by atoms with Crippen molar-refractivity contribution in [2.24, 2.45) is 5.92 Å². The van der Waals surface area contributed by atoms with Crippen molar-refractivity contribution < 1.29 is 19.4 Å². The second kappa shape index (κ2) is 10.2. The molecule has 1 N–H and O–H groups in total. The molecule has 0 spiro atoms. The lowest BCUT2D eigenvalue weighted by molar-refractivity contribution is -0.128. The van der Waals surface area contributed by atoms with Crippen LogP contribution in [-0.2, 0) is 16.0 Å². The Balaban J connectivity index is 1.33. The van der Waals surface area contributed by atoms with Gasteiger partial charge in [0.15, 0.2) is 11.5 Å². The first-order valence-electron chi connectivity index (χ1n) is 11.9. The van der Waals surface area contributed by atoms with E-state index in [-0.39, 0.29) is 41.7 Å². The van der Waals surface area contributed by atoms with Crippen molar-refractivity contribution in [2.75, 3.05) is 0 Å². The number of aromatic hydroxyl groups is 1. The van der Waals surface area contributed by atoms with Crippen LogP contribution in [0.4, 0.5) is 0 Å². The molecule has 0 amide bonds. The van der Waals surface area contributed by atoms with Crippen LogP contribution >= 0.6 is 0 Å². The van der Waals surface area contributed by atoms with Crippen LogP contribution in [0, 0.1) is 5.92 Å². The van der Waals surface area contributed by atoms with Crippen LogP contribution in [0.3, 0.4) is 0 Å². The van der Waals surface area contributed by atoms with Gasteiger partial charge in [0.2, 0.25) is 0 Å². The molecule has 2 aromatic rings. The van der Waals surface area contributed by atoms with E-state index in [2.05, 4.69) is 11.9 Å². The number of aryl methyl sites for hydroxylation is 1. The van der Waals surface area contributed by atoms with Crippen molar-refractivity contribution >= 4 is 17.6 Å². The maximum atomic E-state index is 13.0. The SMILES string of the molecule is CCCC1c2cc[n-]c2C=CC1C(=O)CC(=O)CCc1ccc(O)c(OC2CCCC2)c1. The lowest BCUT2D eigenvalue weighted by Crippen LogP contribution is -2.25. The van der Waals surface area contributed by atoms with E-state index in [1.807, 2.05) is 30.4 Å². The molecule has 2 unspecified atom stereocenters. The molecule has 5 heteroatoms. The lowest BCUT2D eigenvalue weighted by Gasteiger charge is -2.29. The molecule has 4 rings (SSSR count). The summed E-state index contributed by atoms with van der Waals surface area (Å²) < 4.78 is 5.95. The molecule has 170 valence electrons. The van der Waals surface area contributed by atoms with E-state index in [4.69, 9.17) is 4.74 Å². The Morgan fingerprint density at radius 3 is 2.78 bits per heavy atom. The predicted octanol–water partition coefficient (Wildman–Crippen LogP) is 5.36. The highest BCUT2D eigenvalue weighted by molar-refractivity contribution is 6.01. The molecule has 5 nitrogen and oxygen atoms in total. The van der Waals surface area contributed by atoms with Gasteiger partial charge in [0, 0.05) is 12.3 Å². The van der Waals surface area contributed by atoms with Gasteiger partial charge in [-0.25, -0.2) is 0 Å². The summed E-state index contributed by atoms with van der Waals surface area (Å²) in [5.74, 6) is 0.427. The second-order valence-corrected chi connectivity index (χ2v) is 9.07. The summed E-state index contributed by atoms with van der Waals surface area (Å²) in [4.78, 5) is 30.0. The normalized spacial score (nSPS) is 20.3. The molecule has 0 aliphatic heterocycles. The molecule has 1 aromatic carbocycles. The predicted molar refractivity (Wildman–Crippen MR) is 124 cm³/mol. The van der Waals surface area contributed by atoms with Crippen molar-refractivity contribution in [1.82, 2.24) is 4.98 Å². The van der Waals surface area contributed by atoms with Gasteiger partial charge in [0.1, 0.15) is 11.6 Å². The van der Waals surface area contributed by atoms with Gasteiger partial charge in [-0.2, -0.15) is 6.20 Å². The summed E-state index contributed by atoms with van der Waals surface area (Å²) in [5, 5.41) is 10.1. The second-order valence-electron chi connectivity index (χ2n) is 9.07. The van der Waals surface area contributed by atoms with E-state index >= 15 is 0 Å². The molecule has 1 heterocycles. The Morgan fingerprint density at radius 1 is 1.19 bits per heavy atom. The Labute approximate surface area is 189 Å². The fraction of sp³-hybridized carbons (Fsp3) is 0.481. The fourth-order valence-corrected chi connectivity index (χ4v) is 4.99. The summed E-state index contributed by atoms with van der Waals surface area (Å²) in [6, 6.07) is 7.27. The van der Waals surface area contributed by atoms with E-state index in [0.29, 0.717) is 18.6 Å². The summed E-state index contributed by atoms with van der Waals surface area (Å²) in [6.45, 7) is 2.11. The van der Waals surface area contributed by atoms with Gasteiger partial charge in [-0.1, -0.05) is 43.2 Å². The van der Waals surface area contributed by atoms with Crippen LogP contribution in [0.25, 0.3) is 6.08 Å². The summed E-state index contributed by atoms with van der Waals surface area (Å²) in [5.41, 5.74) is 3.01. The highest BCUT2D eigenvalue weighted by Gasteiger charge is 2.30. The monoisotopic (exact) mass is 434 g/mol. The van der Waals surface area contributed by atoms with Gasteiger partial charge >= 0.3 is 0 Å². The minimum Gasteiger partial charge on any atom is -0.664 e. The number of fused-ring (bicyclic) bond motifs is 1. The maximum Gasteiger partial charge on any atom is 0.161 e. The number of phenolic OH excluding ortho intramolecular Hbond substituents is 1. The van der Waals surface area contributed by atoms with E-state index in [9.17, 15) is 14.7 Å². The van der Waals surface area contributed by atoms with Crippen LogP contribution in [0.1, 0.15) is 81.0 Å². The van der Waals surface area contributed by atoms with E-state index < -0.39 is 0 Å². The third kappa shape index (κ3) is 5.14. The van der Waals surface area contributed by atoms with Gasteiger partial charge in [-0.15, -0.1) is 5.69 Å². The summed E-state index contributed by atoms with van der Waals surface area (Å²) in [7, 11) is 0. The summed E-state index contributed by atoms with van der Waals surface area (Å²) >= 11 is 0. The maximum absolute atomic E-state index is 13.0. The Bertz CT molecular complexity index is 983. The zero-order valence-electron chi connectivity index (χ0n) is 18.8. The highest BCUT2D eigenvalue weighted by Crippen LogP contribution is 2.38. The molecular weight excluding hydrogens is 402 g/mol. The van der Waals surface area contributed by atoms with Crippen LogP contribution in [0.2, 0.25) is 0 Å². The van der Waals surface area contributed by atoms with Gasteiger partial charge in [-0.3, -0.25) is 9.59 Å². The topological polar surface area (TPSA) is 77.7 Å². The van der Waals surface area contributed by atoms with Crippen LogP contribution in [0.15, 0.2) is 36.5 Å². The first-order chi connectivity index (χ1) is 15.5. The largest absolute Gasteiger partial charge is 0.664 e. The molecule has 1 fully saturated rings. The third-order valence-electron chi connectivity index (χ3n) is 6.71. The minimum absolute atomic E-state index is 0.00693. The molecule has 1 aromatic heterocycles. The molecule has 1 saturated carbocycles. The number of ether oxygens (including phenoxy) is 1. The van der Waals surface area contributed by atoms with Crippen molar-refractivity contribution in [3.63, 3.8) is 0 Å². The number of carbonyl (C=O) groups excluding carboxylic acids is 2. The standard InChI is InChI=1S/C27H32NO4/c1-2-5-21-22-14-15-28-24(22)12-11-23(21)26(31)17-19(29)10-8-18-9-13-25(30)27(16-18)32-20-6-3-4-7-20/h9,11-16,20-21,23,30H,2-8,10,17H2,1H3/q-1.